The second-order valence-corrected chi connectivity index (χ2v) is 8.49. The zero-order chi connectivity index (χ0) is 20.9. The highest BCUT2D eigenvalue weighted by atomic mass is 32.1. The van der Waals surface area contributed by atoms with Crippen molar-refractivity contribution in [2.45, 2.75) is 45.6 Å². The van der Waals surface area contributed by atoms with Crippen LogP contribution in [-0.4, -0.2) is 34.6 Å². The highest BCUT2D eigenvalue weighted by Gasteiger charge is 2.19. The predicted octanol–water partition coefficient (Wildman–Crippen LogP) is 4.12. The number of ether oxygens (including phenoxy) is 1. The van der Waals surface area contributed by atoms with E-state index < -0.39 is 0 Å². The predicted molar refractivity (Wildman–Crippen MR) is 117 cm³/mol. The van der Waals surface area contributed by atoms with Crippen LogP contribution in [0.4, 0.5) is 5.69 Å². The highest BCUT2D eigenvalue weighted by molar-refractivity contribution is 7.05. The topological polar surface area (TPSA) is 89.3 Å². The van der Waals surface area contributed by atoms with Gasteiger partial charge in [-0.15, -0.1) is 0 Å². The van der Waals surface area contributed by atoms with Crippen LogP contribution in [0.1, 0.15) is 35.6 Å². The Kier molecular flexibility index (Phi) is 6.44. The molecule has 4 rings (SSSR count). The van der Waals surface area contributed by atoms with Gasteiger partial charge in [-0.25, -0.2) is 4.37 Å². The summed E-state index contributed by atoms with van der Waals surface area (Å²) in [6, 6.07) is 7.92. The van der Waals surface area contributed by atoms with Crippen LogP contribution in [0.5, 0.6) is 5.75 Å². The molecule has 1 aromatic carbocycles. The van der Waals surface area contributed by atoms with Gasteiger partial charge in [-0.1, -0.05) is 11.6 Å². The molecule has 0 saturated carbocycles. The molecule has 1 fully saturated rings. The van der Waals surface area contributed by atoms with E-state index in [2.05, 4.69) is 20.2 Å². The fraction of sp³-hybridized carbons (Fsp3) is 0.409. The number of rotatable bonds is 7. The number of hydrogen-bond acceptors (Lipinski definition) is 7. The van der Waals surface area contributed by atoms with Crippen LogP contribution in [0.3, 0.4) is 0 Å². The first kappa shape index (κ1) is 20.6. The first-order valence-electron chi connectivity index (χ1n) is 10.2. The zero-order valence-electron chi connectivity index (χ0n) is 17.2. The molecule has 1 aliphatic heterocycles. The van der Waals surface area contributed by atoms with E-state index in [1.807, 2.05) is 38.1 Å². The molecule has 0 radical (unpaired) electrons. The lowest BCUT2D eigenvalue weighted by molar-refractivity contribution is -0.115. The van der Waals surface area contributed by atoms with Crippen molar-refractivity contribution in [1.29, 1.82) is 0 Å². The van der Waals surface area contributed by atoms with Gasteiger partial charge in [-0.3, -0.25) is 4.79 Å². The van der Waals surface area contributed by atoms with Gasteiger partial charge in [-0.05, 0) is 69.0 Å². The Morgan fingerprint density at radius 1 is 1.33 bits per heavy atom. The number of aromatic nitrogens is 2. The quantitative estimate of drug-likeness (QED) is 0.591. The Morgan fingerprint density at radius 2 is 2.23 bits per heavy atom. The van der Waals surface area contributed by atoms with Crippen molar-refractivity contribution >= 4 is 23.1 Å². The van der Waals surface area contributed by atoms with E-state index >= 15 is 0 Å². The number of nitrogens with one attached hydrogen (secondary N) is 2. The number of amides is 1. The highest BCUT2D eigenvalue weighted by Crippen LogP contribution is 2.37. The molecule has 7 nitrogen and oxygen atoms in total. The van der Waals surface area contributed by atoms with E-state index in [0.717, 1.165) is 46.2 Å². The molecule has 0 aliphatic carbocycles. The maximum Gasteiger partial charge on any atom is 0.229 e. The van der Waals surface area contributed by atoms with E-state index in [4.69, 9.17) is 9.26 Å². The number of benzene rings is 1. The van der Waals surface area contributed by atoms with E-state index in [0.29, 0.717) is 24.8 Å². The summed E-state index contributed by atoms with van der Waals surface area (Å²) >= 11 is 1.33. The van der Waals surface area contributed by atoms with Crippen LogP contribution >= 0.6 is 11.5 Å². The molecule has 3 aromatic rings. The Bertz CT molecular complexity index is 974. The van der Waals surface area contributed by atoms with Crippen molar-refractivity contribution in [3.63, 3.8) is 0 Å². The second-order valence-electron chi connectivity index (χ2n) is 7.57. The minimum absolute atomic E-state index is 0.0796. The van der Waals surface area contributed by atoms with Gasteiger partial charge < -0.3 is 19.9 Å². The lowest BCUT2D eigenvalue weighted by Gasteiger charge is -2.24. The summed E-state index contributed by atoms with van der Waals surface area (Å²) in [5, 5.41) is 10.6. The second kappa shape index (κ2) is 9.40. The average molecular weight is 427 g/mol. The maximum absolute atomic E-state index is 12.4. The van der Waals surface area contributed by atoms with Crippen molar-refractivity contribution in [3.05, 3.63) is 46.8 Å². The Labute approximate surface area is 180 Å². The van der Waals surface area contributed by atoms with Crippen LogP contribution < -0.4 is 15.4 Å². The van der Waals surface area contributed by atoms with Gasteiger partial charge in [0.25, 0.3) is 0 Å². The molecule has 1 amide bonds. The lowest BCUT2D eigenvalue weighted by atomic mass is 10.0. The molecule has 0 spiro atoms. The Morgan fingerprint density at radius 3 is 2.93 bits per heavy atom. The van der Waals surface area contributed by atoms with E-state index in [9.17, 15) is 4.79 Å². The summed E-state index contributed by atoms with van der Waals surface area (Å²) in [4.78, 5) is 13.4. The third-order valence-electron chi connectivity index (χ3n) is 5.24. The average Bonchev–Trinajstić information content (AvgIpc) is 3.37. The first-order valence-corrected chi connectivity index (χ1v) is 11.0. The molecule has 30 heavy (non-hydrogen) atoms. The van der Waals surface area contributed by atoms with Crippen molar-refractivity contribution in [3.8, 4) is 16.9 Å². The van der Waals surface area contributed by atoms with Crippen LogP contribution in [-0.2, 0) is 11.2 Å². The van der Waals surface area contributed by atoms with Crippen molar-refractivity contribution in [1.82, 2.24) is 14.8 Å². The molecule has 0 unspecified atom stereocenters. The van der Waals surface area contributed by atoms with E-state index in [-0.39, 0.29) is 5.91 Å². The summed E-state index contributed by atoms with van der Waals surface area (Å²) < 4.78 is 15.6. The van der Waals surface area contributed by atoms with Crippen molar-refractivity contribution in [2.24, 2.45) is 0 Å². The standard InChI is InChI=1S/C22H26N4O3S/c1-14-22(15(2)29-26-14)19-11-16(25-21(27)12-18-8-10-24-30-18)6-7-20(19)28-13-17-5-3-4-9-23-17/h6-8,10-11,17,23H,3-5,9,12-13H2,1-2H3,(H,25,27)/t17-/m1/s1. The fourth-order valence-corrected chi connectivity index (χ4v) is 4.32. The molecule has 1 atom stereocenters. The Balaban J connectivity index is 1.55. The molecule has 3 heterocycles. The first-order chi connectivity index (χ1) is 14.6. The van der Waals surface area contributed by atoms with Crippen LogP contribution in [0.2, 0.25) is 0 Å². The molecule has 8 heteroatoms. The van der Waals surface area contributed by atoms with Crippen LogP contribution in [0.15, 0.2) is 35.0 Å². The normalized spacial score (nSPS) is 16.4. The Hall–Kier alpha value is -2.71. The summed E-state index contributed by atoms with van der Waals surface area (Å²) in [5.41, 5.74) is 3.28. The fourth-order valence-electron chi connectivity index (χ4n) is 3.75. The van der Waals surface area contributed by atoms with Gasteiger partial charge in [0.2, 0.25) is 5.91 Å². The molecule has 1 aliphatic rings. The third kappa shape index (κ3) is 4.88. The minimum atomic E-state index is -0.0796. The number of aryl methyl sites for hydroxylation is 2. The SMILES string of the molecule is Cc1noc(C)c1-c1cc(NC(=O)Cc2ccns2)ccc1OC[C@H]1CCCCN1. The summed E-state index contributed by atoms with van der Waals surface area (Å²) in [5.74, 6) is 1.41. The smallest absolute Gasteiger partial charge is 0.229 e. The maximum atomic E-state index is 12.4. The van der Waals surface area contributed by atoms with Crippen molar-refractivity contribution in [2.75, 3.05) is 18.5 Å². The molecule has 158 valence electrons. The third-order valence-corrected chi connectivity index (χ3v) is 5.99. The number of hydrogen-bond donors (Lipinski definition) is 2. The van der Waals surface area contributed by atoms with Gasteiger partial charge in [0.1, 0.15) is 18.1 Å². The number of nitrogens with zero attached hydrogens (tertiary/aromatic N) is 2. The largest absolute Gasteiger partial charge is 0.491 e. The lowest BCUT2D eigenvalue weighted by Crippen LogP contribution is -2.38. The van der Waals surface area contributed by atoms with Gasteiger partial charge in [0.15, 0.2) is 0 Å². The zero-order valence-corrected chi connectivity index (χ0v) is 18.1. The molecule has 0 bridgehead atoms. The molecule has 1 saturated heterocycles. The van der Waals surface area contributed by atoms with Crippen LogP contribution in [0, 0.1) is 13.8 Å². The number of piperidine rings is 1. The monoisotopic (exact) mass is 426 g/mol. The molecular formula is C22H26N4O3S. The van der Waals surface area contributed by atoms with Crippen molar-refractivity contribution < 1.29 is 14.1 Å². The summed E-state index contributed by atoms with van der Waals surface area (Å²) in [7, 11) is 0. The number of anilines is 1. The van der Waals surface area contributed by atoms with Gasteiger partial charge in [0.05, 0.1) is 17.7 Å². The minimum Gasteiger partial charge on any atom is -0.491 e. The molecule has 2 N–H and O–H groups in total. The van der Waals surface area contributed by atoms with E-state index in [1.165, 1.54) is 24.4 Å². The van der Waals surface area contributed by atoms with Crippen LogP contribution in [0.25, 0.3) is 11.1 Å². The van der Waals surface area contributed by atoms with Gasteiger partial charge in [0, 0.05) is 28.4 Å². The molecule has 2 aromatic heterocycles. The number of carbonyl (C=O) groups is 1. The van der Waals surface area contributed by atoms with E-state index in [1.54, 1.807) is 6.20 Å². The summed E-state index contributed by atoms with van der Waals surface area (Å²) in [6.07, 6.45) is 5.57. The van der Waals surface area contributed by atoms with Gasteiger partial charge in [-0.2, -0.15) is 0 Å². The van der Waals surface area contributed by atoms with Gasteiger partial charge >= 0.3 is 0 Å². The summed E-state index contributed by atoms with van der Waals surface area (Å²) in [6.45, 7) is 5.44. The molecular weight excluding hydrogens is 400 g/mol. The number of carbonyl (C=O) groups excluding carboxylic acids is 1.